The number of hydrogen-bond acceptors (Lipinski definition) is 2. The maximum Gasteiger partial charge on any atom is 0.123 e. The molecule has 19 heavy (non-hydrogen) atoms. The molecule has 0 saturated heterocycles. The molecule has 100 valence electrons. The minimum atomic E-state index is -0.336. The summed E-state index contributed by atoms with van der Waals surface area (Å²) in [7, 11) is 0. The molecular weight excluding hydrogens is 241 g/mol. The van der Waals surface area contributed by atoms with Gasteiger partial charge in [0.1, 0.15) is 11.6 Å². The van der Waals surface area contributed by atoms with Gasteiger partial charge in [0, 0.05) is 18.2 Å². The van der Waals surface area contributed by atoms with E-state index < -0.39 is 0 Å². The molecule has 2 N–H and O–H groups in total. The zero-order chi connectivity index (χ0) is 13.8. The van der Waals surface area contributed by atoms with Crippen molar-refractivity contribution in [2.75, 3.05) is 0 Å². The van der Waals surface area contributed by atoms with Crippen LogP contribution in [0, 0.1) is 12.7 Å². The summed E-state index contributed by atoms with van der Waals surface area (Å²) in [5.41, 5.74) is 2.96. The van der Waals surface area contributed by atoms with E-state index in [0.717, 1.165) is 5.56 Å². The largest absolute Gasteiger partial charge is 0.508 e. The third-order valence-electron chi connectivity index (χ3n) is 3.19. The Morgan fingerprint density at radius 2 is 1.84 bits per heavy atom. The molecule has 0 aliphatic carbocycles. The van der Waals surface area contributed by atoms with E-state index in [1.807, 2.05) is 13.8 Å². The first kappa shape index (κ1) is 13.6. The van der Waals surface area contributed by atoms with E-state index in [9.17, 15) is 9.50 Å². The lowest BCUT2D eigenvalue weighted by atomic mass is 10.1. The zero-order valence-corrected chi connectivity index (χ0v) is 11.2. The standard InChI is InChI=1S/C16H18FNO/c1-11-3-5-13(6-4-11)10-18-12(2)15-9-14(17)7-8-16(15)19/h3-9,12,18-19H,10H2,1-2H3. The van der Waals surface area contributed by atoms with Crippen LogP contribution in [-0.4, -0.2) is 5.11 Å². The smallest absolute Gasteiger partial charge is 0.123 e. The van der Waals surface area contributed by atoms with Crippen LogP contribution in [0.15, 0.2) is 42.5 Å². The lowest BCUT2D eigenvalue weighted by Crippen LogP contribution is -2.18. The molecule has 0 saturated carbocycles. The number of phenols is 1. The number of halogens is 1. The first-order chi connectivity index (χ1) is 9.06. The highest BCUT2D eigenvalue weighted by Gasteiger charge is 2.10. The zero-order valence-electron chi connectivity index (χ0n) is 11.2. The Bertz CT molecular complexity index is 551. The summed E-state index contributed by atoms with van der Waals surface area (Å²) in [6.45, 7) is 4.63. The Hall–Kier alpha value is -1.87. The Balaban J connectivity index is 2.03. The van der Waals surface area contributed by atoms with Crippen molar-refractivity contribution in [3.05, 3.63) is 65.0 Å². The van der Waals surface area contributed by atoms with Crippen molar-refractivity contribution in [1.82, 2.24) is 5.32 Å². The van der Waals surface area contributed by atoms with Crippen LogP contribution in [0.4, 0.5) is 4.39 Å². The predicted octanol–water partition coefficient (Wildman–Crippen LogP) is 3.69. The van der Waals surface area contributed by atoms with Gasteiger partial charge in [-0.2, -0.15) is 0 Å². The molecule has 0 amide bonds. The van der Waals surface area contributed by atoms with Gasteiger partial charge in [-0.05, 0) is 37.6 Å². The van der Waals surface area contributed by atoms with Crippen LogP contribution in [0.1, 0.15) is 29.7 Å². The van der Waals surface area contributed by atoms with E-state index in [4.69, 9.17) is 0 Å². The fourth-order valence-corrected chi connectivity index (χ4v) is 1.96. The van der Waals surface area contributed by atoms with E-state index >= 15 is 0 Å². The average Bonchev–Trinajstić information content (AvgIpc) is 2.40. The molecule has 1 unspecified atom stereocenters. The normalized spacial score (nSPS) is 12.4. The SMILES string of the molecule is Cc1ccc(CNC(C)c2cc(F)ccc2O)cc1. The first-order valence-corrected chi connectivity index (χ1v) is 6.33. The molecule has 2 rings (SSSR count). The van der Waals surface area contributed by atoms with Crippen molar-refractivity contribution in [3.63, 3.8) is 0 Å². The summed E-state index contributed by atoms with van der Waals surface area (Å²) in [5.74, 6) is -0.220. The first-order valence-electron chi connectivity index (χ1n) is 6.33. The second kappa shape index (κ2) is 5.85. The molecule has 1 atom stereocenters. The monoisotopic (exact) mass is 259 g/mol. The van der Waals surface area contributed by atoms with E-state index in [0.29, 0.717) is 12.1 Å². The molecule has 0 bridgehead atoms. The summed E-state index contributed by atoms with van der Waals surface area (Å²) in [6.07, 6.45) is 0. The Morgan fingerprint density at radius 1 is 1.16 bits per heavy atom. The summed E-state index contributed by atoms with van der Waals surface area (Å²) >= 11 is 0. The van der Waals surface area contributed by atoms with E-state index in [2.05, 4.69) is 29.6 Å². The van der Waals surface area contributed by atoms with Crippen molar-refractivity contribution in [2.45, 2.75) is 26.4 Å². The predicted molar refractivity (Wildman–Crippen MR) is 74.5 cm³/mol. The summed E-state index contributed by atoms with van der Waals surface area (Å²) in [6, 6.07) is 12.1. The van der Waals surface area contributed by atoms with Gasteiger partial charge < -0.3 is 10.4 Å². The van der Waals surface area contributed by atoms with E-state index in [1.165, 1.54) is 23.8 Å². The van der Waals surface area contributed by atoms with E-state index in [1.54, 1.807) is 0 Å². The van der Waals surface area contributed by atoms with Crippen LogP contribution < -0.4 is 5.32 Å². The van der Waals surface area contributed by atoms with Crippen molar-refractivity contribution in [1.29, 1.82) is 0 Å². The number of rotatable bonds is 4. The quantitative estimate of drug-likeness (QED) is 0.877. The second-order valence-corrected chi connectivity index (χ2v) is 4.79. The molecule has 2 aromatic carbocycles. The molecule has 0 fully saturated rings. The Kier molecular flexibility index (Phi) is 4.17. The highest BCUT2D eigenvalue weighted by Crippen LogP contribution is 2.24. The molecule has 0 radical (unpaired) electrons. The van der Waals surface area contributed by atoms with Crippen molar-refractivity contribution >= 4 is 0 Å². The Morgan fingerprint density at radius 3 is 2.53 bits per heavy atom. The lowest BCUT2D eigenvalue weighted by molar-refractivity contribution is 0.449. The third kappa shape index (κ3) is 3.55. The van der Waals surface area contributed by atoms with Gasteiger partial charge in [-0.3, -0.25) is 0 Å². The molecule has 0 heterocycles. The number of phenolic OH excluding ortho intramolecular Hbond substituents is 1. The molecular formula is C16H18FNO. The molecule has 0 aliphatic heterocycles. The van der Waals surface area contributed by atoms with Crippen LogP contribution in [-0.2, 0) is 6.54 Å². The van der Waals surface area contributed by atoms with Gasteiger partial charge in [0.25, 0.3) is 0 Å². The molecule has 2 aromatic rings. The van der Waals surface area contributed by atoms with Crippen molar-refractivity contribution in [2.24, 2.45) is 0 Å². The highest BCUT2D eigenvalue weighted by atomic mass is 19.1. The van der Waals surface area contributed by atoms with E-state index in [-0.39, 0.29) is 17.6 Å². The van der Waals surface area contributed by atoms with Crippen LogP contribution in [0.5, 0.6) is 5.75 Å². The van der Waals surface area contributed by atoms with Gasteiger partial charge in [0.05, 0.1) is 0 Å². The number of benzene rings is 2. The van der Waals surface area contributed by atoms with Crippen LogP contribution >= 0.6 is 0 Å². The van der Waals surface area contributed by atoms with Gasteiger partial charge in [-0.1, -0.05) is 29.8 Å². The van der Waals surface area contributed by atoms with Gasteiger partial charge in [-0.25, -0.2) is 4.39 Å². The number of aromatic hydroxyl groups is 1. The molecule has 0 spiro atoms. The second-order valence-electron chi connectivity index (χ2n) is 4.79. The van der Waals surface area contributed by atoms with Crippen LogP contribution in [0.3, 0.4) is 0 Å². The summed E-state index contributed by atoms with van der Waals surface area (Å²) in [5, 5.41) is 13.0. The fraction of sp³-hybridized carbons (Fsp3) is 0.250. The van der Waals surface area contributed by atoms with Gasteiger partial charge >= 0.3 is 0 Å². The molecule has 0 aromatic heterocycles. The van der Waals surface area contributed by atoms with Crippen LogP contribution in [0.2, 0.25) is 0 Å². The van der Waals surface area contributed by atoms with Crippen LogP contribution in [0.25, 0.3) is 0 Å². The minimum Gasteiger partial charge on any atom is -0.508 e. The Labute approximate surface area is 112 Å². The lowest BCUT2D eigenvalue weighted by Gasteiger charge is -2.16. The van der Waals surface area contributed by atoms with Gasteiger partial charge in [-0.15, -0.1) is 0 Å². The minimum absolute atomic E-state index is 0.114. The topological polar surface area (TPSA) is 32.3 Å². The summed E-state index contributed by atoms with van der Waals surface area (Å²) < 4.78 is 13.2. The molecule has 0 aliphatic rings. The fourth-order valence-electron chi connectivity index (χ4n) is 1.96. The maximum absolute atomic E-state index is 13.2. The number of aryl methyl sites for hydroxylation is 1. The number of nitrogens with one attached hydrogen (secondary N) is 1. The van der Waals surface area contributed by atoms with Crippen molar-refractivity contribution in [3.8, 4) is 5.75 Å². The third-order valence-corrected chi connectivity index (χ3v) is 3.19. The molecule has 2 nitrogen and oxygen atoms in total. The molecule has 3 heteroatoms. The highest BCUT2D eigenvalue weighted by molar-refractivity contribution is 5.35. The van der Waals surface area contributed by atoms with Gasteiger partial charge in [0.15, 0.2) is 0 Å². The number of hydrogen-bond donors (Lipinski definition) is 2. The van der Waals surface area contributed by atoms with Gasteiger partial charge in [0.2, 0.25) is 0 Å². The van der Waals surface area contributed by atoms with Crippen molar-refractivity contribution < 1.29 is 9.50 Å². The average molecular weight is 259 g/mol. The summed E-state index contributed by atoms with van der Waals surface area (Å²) in [4.78, 5) is 0. The maximum atomic E-state index is 13.2.